The van der Waals surface area contributed by atoms with Crippen LogP contribution in [0.1, 0.15) is 68.4 Å². The van der Waals surface area contributed by atoms with Gasteiger partial charge in [-0.25, -0.2) is 4.98 Å². The van der Waals surface area contributed by atoms with Crippen molar-refractivity contribution in [1.82, 2.24) is 19.3 Å². The number of nitrogens with zero attached hydrogens (tertiary/aromatic N) is 4. The van der Waals surface area contributed by atoms with Crippen molar-refractivity contribution in [2.45, 2.75) is 57.8 Å². The zero-order chi connectivity index (χ0) is 17.4. The van der Waals surface area contributed by atoms with Gasteiger partial charge >= 0.3 is 0 Å². The Morgan fingerprint density at radius 3 is 2.88 bits per heavy atom. The van der Waals surface area contributed by atoms with Crippen molar-refractivity contribution in [1.29, 1.82) is 0 Å². The van der Waals surface area contributed by atoms with Crippen LogP contribution in [0.5, 0.6) is 0 Å². The molecule has 1 amide bonds. The number of rotatable bonds is 4. The minimum atomic E-state index is 0.159. The van der Waals surface area contributed by atoms with Gasteiger partial charge in [0.1, 0.15) is 0 Å². The molecule has 4 rings (SSSR count). The molecule has 0 atom stereocenters. The minimum Gasteiger partial charge on any atom is -0.346 e. The zero-order valence-electron chi connectivity index (χ0n) is 15.2. The highest BCUT2D eigenvalue weighted by Crippen LogP contribution is 2.34. The predicted octanol–water partition coefficient (Wildman–Crippen LogP) is 3.58. The minimum absolute atomic E-state index is 0.159. The van der Waals surface area contributed by atoms with Gasteiger partial charge in [-0.15, -0.1) is 0 Å². The number of aromatic nitrogens is 3. The lowest BCUT2D eigenvalue weighted by molar-refractivity contribution is -0.128. The van der Waals surface area contributed by atoms with Crippen molar-refractivity contribution in [2.24, 2.45) is 0 Å². The van der Waals surface area contributed by atoms with Gasteiger partial charge in [-0.3, -0.25) is 14.2 Å². The molecule has 2 heterocycles. The van der Waals surface area contributed by atoms with Crippen molar-refractivity contribution in [3.8, 4) is 0 Å². The lowest BCUT2D eigenvalue weighted by Crippen LogP contribution is -2.26. The Labute approximate surface area is 148 Å². The molecule has 0 bridgehead atoms. The molecule has 5 heteroatoms. The van der Waals surface area contributed by atoms with Crippen LogP contribution in [0, 0.1) is 0 Å². The molecule has 25 heavy (non-hydrogen) atoms. The summed E-state index contributed by atoms with van der Waals surface area (Å²) in [5, 5.41) is 0. The van der Waals surface area contributed by atoms with Gasteiger partial charge in [-0.1, -0.05) is 25.3 Å². The molecule has 0 saturated heterocycles. The lowest BCUT2D eigenvalue weighted by Gasteiger charge is -2.19. The second-order valence-corrected chi connectivity index (χ2v) is 7.30. The van der Waals surface area contributed by atoms with Crippen LogP contribution < -0.4 is 0 Å². The van der Waals surface area contributed by atoms with E-state index >= 15 is 0 Å². The second-order valence-electron chi connectivity index (χ2n) is 7.30. The first-order valence-corrected chi connectivity index (χ1v) is 9.47. The van der Waals surface area contributed by atoms with E-state index in [1.165, 1.54) is 37.8 Å². The summed E-state index contributed by atoms with van der Waals surface area (Å²) in [6.07, 6.45) is 13.9. The van der Waals surface area contributed by atoms with Crippen molar-refractivity contribution in [2.75, 3.05) is 13.6 Å². The van der Waals surface area contributed by atoms with Gasteiger partial charge in [0.25, 0.3) is 0 Å². The monoisotopic (exact) mass is 338 g/mol. The molecule has 2 aliphatic rings. The third-order valence-electron chi connectivity index (χ3n) is 5.71. The third kappa shape index (κ3) is 2.96. The lowest BCUT2D eigenvalue weighted by atomic mass is 9.87. The number of hydrogen-bond acceptors (Lipinski definition) is 3. The van der Waals surface area contributed by atoms with Crippen LogP contribution in [-0.4, -0.2) is 38.8 Å². The average molecular weight is 338 g/mol. The molecule has 0 spiro atoms. The molecule has 1 fully saturated rings. The summed E-state index contributed by atoms with van der Waals surface area (Å²) in [6, 6.07) is 0. The van der Waals surface area contributed by atoms with E-state index in [-0.39, 0.29) is 5.91 Å². The van der Waals surface area contributed by atoms with Crippen LogP contribution in [0.2, 0.25) is 0 Å². The molecule has 132 valence electrons. The van der Waals surface area contributed by atoms with E-state index in [4.69, 9.17) is 4.98 Å². The topological polar surface area (TPSA) is 50.5 Å². The Hall–Kier alpha value is -2.17. The summed E-state index contributed by atoms with van der Waals surface area (Å²) in [7, 11) is 1.86. The van der Waals surface area contributed by atoms with Crippen LogP contribution in [0.15, 0.2) is 18.5 Å². The standard InChI is InChI=1S/C20H26N4O/c1-3-23(2)19(25)11-15-9-10-16-20(15)24-13-17(22-18(24)12-21-16)14-7-5-4-6-8-14/h9,12-14H,3-8,10-11H2,1-2H3. The number of imidazole rings is 1. The summed E-state index contributed by atoms with van der Waals surface area (Å²) in [5.74, 6) is 0.734. The highest BCUT2D eigenvalue weighted by atomic mass is 16.2. The molecule has 5 nitrogen and oxygen atoms in total. The van der Waals surface area contributed by atoms with Crippen LogP contribution in [-0.2, 0) is 11.2 Å². The zero-order valence-corrected chi connectivity index (χ0v) is 15.2. The van der Waals surface area contributed by atoms with E-state index in [1.807, 2.05) is 20.2 Å². The van der Waals surface area contributed by atoms with Gasteiger partial charge < -0.3 is 4.90 Å². The van der Waals surface area contributed by atoms with Crippen molar-refractivity contribution in [3.05, 3.63) is 35.6 Å². The molecule has 0 N–H and O–H groups in total. The summed E-state index contributed by atoms with van der Waals surface area (Å²) < 4.78 is 2.17. The van der Waals surface area contributed by atoms with Crippen LogP contribution >= 0.6 is 0 Å². The number of carbonyl (C=O) groups excluding carboxylic acids is 1. The average Bonchev–Trinajstić information content (AvgIpc) is 3.25. The number of hydrogen-bond donors (Lipinski definition) is 0. The molecule has 2 aromatic heterocycles. The summed E-state index contributed by atoms with van der Waals surface area (Å²) in [5.41, 5.74) is 5.33. The van der Waals surface area contributed by atoms with E-state index < -0.39 is 0 Å². The van der Waals surface area contributed by atoms with E-state index in [0.29, 0.717) is 12.3 Å². The van der Waals surface area contributed by atoms with Crippen LogP contribution in [0.4, 0.5) is 0 Å². The fourth-order valence-electron chi connectivity index (χ4n) is 4.05. The van der Waals surface area contributed by atoms with Gasteiger partial charge in [-0.2, -0.15) is 0 Å². The highest BCUT2D eigenvalue weighted by Gasteiger charge is 2.24. The smallest absolute Gasteiger partial charge is 0.226 e. The number of allylic oxidation sites excluding steroid dienone is 1. The van der Waals surface area contributed by atoms with Gasteiger partial charge in [0, 0.05) is 32.1 Å². The van der Waals surface area contributed by atoms with Crippen molar-refractivity contribution < 1.29 is 4.79 Å². The van der Waals surface area contributed by atoms with E-state index in [9.17, 15) is 4.79 Å². The Morgan fingerprint density at radius 1 is 1.32 bits per heavy atom. The van der Waals surface area contributed by atoms with Gasteiger partial charge in [-0.05, 0) is 25.3 Å². The van der Waals surface area contributed by atoms with Gasteiger partial charge in [0.05, 0.1) is 29.7 Å². The SMILES string of the molecule is CCN(C)C(=O)CC1=CCc2ncc3nc(C4CCCCC4)cn3c21. The second kappa shape index (κ2) is 6.62. The largest absolute Gasteiger partial charge is 0.346 e. The first-order valence-electron chi connectivity index (χ1n) is 9.47. The maximum absolute atomic E-state index is 12.4. The number of amides is 1. The summed E-state index contributed by atoms with van der Waals surface area (Å²) in [6.45, 7) is 2.74. The van der Waals surface area contributed by atoms with Crippen LogP contribution in [0.3, 0.4) is 0 Å². The molecule has 2 aromatic rings. The predicted molar refractivity (Wildman–Crippen MR) is 98.4 cm³/mol. The maximum atomic E-state index is 12.4. The Bertz CT molecular complexity index is 830. The summed E-state index contributed by atoms with van der Waals surface area (Å²) in [4.78, 5) is 23.6. The first kappa shape index (κ1) is 16.3. The molecule has 0 aliphatic heterocycles. The molecular weight excluding hydrogens is 312 g/mol. The molecule has 0 unspecified atom stereocenters. The normalized spacial score (nSPS) is 17.6. The number of carbonyl (C=O) groups is 1. The van der Waals surface area contributed by atoms with Crippen LogP contribution in [0.25, 0.3) is 11.2 Å². The Kier molecular flexibility index (Phi) is 4.32. The number of fused-ring (bicyclic) bond motifs is 3. The Morgan fingerprint density at radius 2 is 2.12 bits per heavy atom. The quantitative estimate of drug-likeness (QED) is 0.856. The molecular formula is C20H26N4O. The highest BCUT2D eigenvalue weighted by molar-refractivity contribution is 5.90. The fourth-order valence-corrected chi connectivity index (χ4v) is 4.05. The van der Waals surface area contributed by atoms with E-state index in [0.717, 1.165) is 35.6 Å². The molecule has 0 radical (unpaired) electrons. The molecule has 0 aromatic carbocycles. The Balaban J connectivity index is 1.68. The van der Waals surface area contributed by atoms with E-state index in [2.05, 4.69) is 21.7 Å². The molecule has 1 saturated carbocycles. The van der Waals surface area contributed by atoms with Crippen molar-refractivity contribution >= 4 is 17.1 Å². The van der Waals surface area contributed by atoms with Gasteiger partial charge in [0.15, 0.2) is 5.65 Å². The summed E-state index contributed by atoms with van der Waals surface area (Å²) >= 11 is 0. The fraction of sp³-hybridized carbons (Fsp3) is 0.550. The third-order valence-corrected chi connectivity index (χ3v) is 5.71. The molecule has 2 aliphatic carbocycles. The van der Waals surface area contributed by atoms with E-state index in [1.54, 1.807) is 4.90 Å². The maximum Gasteiger partial charge on any atom is 0.226 e. The van der Waals surface area contributed by atoms with Gasteiger partial charge in [0.2, 0.25) is 5.91 Å². The first-order chi connectivity index (χ1) is 12.2. The van der Waals surface area contributed by atoms with Crippen molar-refractivity contribution in [3.63, 3.8) is 0 Å².